The molecule has 5 nitrogen and oxygen atoms in total. The van der Waals surface area contributed by atoms with Crippen LogP contribution >= 0.6 is 24.0 Å². The number of guanidine groups is 1. The Hall–Kier alpha value is -1.70. The summed E-state index contributed by atoms with van der Waals surface area (Å²) in [6, 6.07) is 12.3. The number of nitrogens with one attached hydrogen (secondary N) is 1. The van der Waals surface area contributed by atoms with Gasteiger partial charge in [0.15, 0.2) is 5.96 Å². The molecular formula is C19H29IN4O. The van der Waals surface area contributed by atoms with Crippen LogP contribution in [0.2, 0.25) is 0 Å². The van der Waals surface area contributed by atoms with E-state index < -0.39 is 0 Å². The second-order valence-corrected chi connectivity index (χ2v) is 5.86. The van der Waals surface area contributed by atoms with Crippen LogP contribution in [0.25, 0.3) is 0 Å². The van der Waals surface area contributed by atoms with Gasteiger partial charge in [0, 0.05) is 32.5 Å². The molecule has 0 aliphatic carbocycles. The summed E-state index contributed by atoms with van der Waals surface area (Å²) in [6.45, 7) is 6.99. The Balaban J connectivity index is 0.00000312. The number of benzene rings is 1. The first kappa shape index (κ1) is 21.3. The van der Waals surface area contributed by atoms with Crippen LogP contribution in [0.3, 0.4) is 0 Å². The highest BCUT2D eigenvalue weighted by Gasteiger charge is 2.08. The third kappa shape index (κ3) is 6.97. The number of hydrogen-bond donors (Lipinski definition) is 1. The second-order valence-electron chi connectivity index (χ2n) is 5.86. The zero-order chi connectivity index (χ0) is 17.4. The number of nitrogens with zero attached hydrogens (tertiary/aromatic N) is 3. The van der Waals surface area contributed by atoms with Crippen molar-refractivity contribution >= 4 is 29.9 Å². The van der Waals surface area contributed by atoms with E-state index in [2.05, 4.69) is 78.2 Å². The van der Waals surface area contributed by atoms with Crippen LogP contribution in [0.5, 0.6) is 5.75 Å². The third-order valence-electron chi connectivity index (χ3n) is 3.79. The first-order chi connectivity index (χ1) is 11.6. The van der Waals surface area contributed by atoms with Crippen molar-refractivity contribution in [1.29, 1.82) is 0 Å². The van der Waals surface area contributed by atoms with Crippen LogP contribution in [-0.2, 0) is 13.6 Å². The minimum absolute atomic E-state index is 0. The van der Waals surface area contributed by atoms with Gasteiger partial charge in [-0.2, -0.15) is 0 Å². The molecule has 0 spiro atoms. The van der Waals surface area contributed by atoms with Crippen LogP contribution in [0.15, 0.2) is 47.6 Å². The van der Waals surface area contributed by atoms with E-state index in [4.69, 9.17) is 4.74 Å². The molecule has 1 aromatic carbocycles. The molecule has 0 atom stereocenters. The summed E-state index contributed by atoms with van der Waals surface area (Å²) in [5.74, 6) is 1.78. The normalized spacial score (nSPS) is 11.0. The summed E-state index contributed by atoms with van der Waals surface area (Å²) in [5, 5.41) is 3.33. The topological polar surface area (TPSA) is 41.8 Å². The van der Waals surface area contributed by atoms with Gasteiger partial charge in [0.05, 0.1) is 13.1 Å². The number of aryl methyl sites for hydroxylation is 2. The molecule has 0 saturated heterocycles. The monoisotopic (exact) mass is 456 g/mol. The Labute approximate surface area is 168 Å². The molecular weight excluding hydrogens is 427 g/mol. The minimum Gasteiger partial charge on any atom is -0.492 e. The largest absolute Gasteiger partial charge is 0.492 e. The molecule has 2 rings (SSSR count). The zero-order valence-corrected chi connectivity index (χ0v) is 17.9. The smallest absolute Gasteiger partial charge is 0.194 e. The fourth-order valence-electron chi connectivity index (χ4n) is 2.40. The quantitative estimate of drug-likeness (QED) is 0.301. The molecule has 6 heteroatoms. The molecule has 0 saturated carbocycles. The first-order valence-electron chi connectivity index (χ1n) is 8.39. The molecule has 25 heavy (non-hydrogen) atoms. The summed E-state index contributed by atoms with van der Waals surface area (Å²) in [5.41, 5.74) is 2.48. The van der Waals surface area contributed by atoms with Crippen molar-refractivity contribution in [2.45, 2.75) is 20.4 Å². The average Bonchev–Trinajstić information content (AvgIpc) is 2.97. The lowest BCUT2D eigenvalue weighted by Crippen LogP contribution is -2.39. The Morgan fingerprint density at radius 2 is 1.96 bits per heavy atom. The van der Waals surface area contributed by atoms with Gasteiger partial charge in [-0.3, -0.25) is 0 Å². The molecule has 1 N–H and O–H groups in total. The van der Waals surface area contributed by atoms with Crippen molar-refractivity contribution in [1.82, 2.24) is 14.8 Å². The van der Waals surface area contributed by atoms with Gasteiger partial charge in [0.2, 0.25) is 0 Å². The lowest BCUT2D eigenvalue weighted by molar-refractivity contribution is 0.327. The molecule has 0 aliphatic heterocycles. The van der Waals surface area contributed by atoms with Crippen molar-refractivity contribution in [3.8, 4) is 5.75 Å². The molecule has 2 aromatic rings. The van der Waals surface area contributed by atoms with Crippen LogP contribution in [0.4, 0.5) is 0 Å². The van der Waals surface area contributed by atoms with Gasteiger partial charge in [-0.05, 0) is 38.1 Å². The molecule has 0 radical (unpaired) electrons. The summed E-state index contributed by atoms with van der Waals surface area (Å²) in [6.07, 6.45) is 2.06. The van der Waals surface area contributed by atoms with Gasteiger partial charge in [-0.1, -0.05) is 17.7 Å². The van der Waals surface area contributed by atoms with Gasteiger partial charge in [-0.25, -0.2) is 4.99 Å². The van der Waals surface area contributed by atoms with E-state index in [-0.39, 0.29) is 24.0 Å². The average molecular weight is 456 g/mol. The predicted octanol–water partition coefficient (Wildman–Crippen LogP) is 3.43. The first-order valence-corrected chi connectivity index (χ1v) is 8.39. The molecule has 0 unspecified atom stereocenters. The summed E-state index contributed by atoms with van der Waals surface area (Å²) in [4.78, 5) is 6.78. The van der Waals surface area contributed by atoms with Gasteiger partial charge in [0.25, 0.3) is 0 Å². The Morgan fingerprint density at radius 1 is 1.24 bits per heavy atom. The Morgan fingerprint density at radius 3 is 2.56 bits per heavy atom. The molecule has 0 aliphatic rings. The molecule has 0 bridgehead atoms. The lowest BCUT2D eigenvalue weighted by Gasteiger charge is -2.22. The molecule has 1 aromatic heterocycles. The highest BCUT2D eigenvalue weighted by molar-refractivity contribution is 14.0. The van der Waals surface area contributed by atoms with Gasteiger partial charge in [0.1, 0.15) is 12.4 Å². The van der Waals surface area contributed by atoms with E-state index in [0.717, 1.165) is 24.8 Å². The van der Waals surface area contributed by atoms with Crippen molar-refractivity contribution < 1.29 is 4.74 Å². The number of aliphatic imine (C=N–C) groups is 1. The summed E-state index contributed by atoms with van der Waals surface area (Å²) < 4.78 is 7.86. The van der Waals surface area contributed by atoms with Crippen LogP contribution < -0.4 is 10.1 Å². The molecule has 0 fully saturated rings. The fraction of sp³-hybridized carbons (Fsp3) is 0.421. The minimum atomic E-state index is 0. The summed E-state index contributed by atoms with van der Waals surface area (Å²) in [7, 11) is 4.11. The Kier molecular flexibility index (Phi) is 9.41. The van der Waals surface area contributed by atoms with Crippen LogP contribution in [-0.4, -0.2) is 42.2 Å². The maximum absolute atomic E-state index is 5.74. The van der Waals surface area contributed by atoms with E-state index in [1.165, 1.54) is 11.3 Å². The second kappa shape index (κ2) is 11.0. The predicted molar refractivity (Wildman–Crippen MR) is 115 cm³/mol. The van der Waals surface area contributed by atoms with Gasteiger partial charge >= 0.3 is 0 Å². The highest BCUT2D eigenvalue weighted by Crippen LogP contribution is 2.11. The maximum atomic E-state index is 5.74. The molecule has 0 amide bonds. The molecule has 138 valence electrons. The van der Waals surface area contributed by atoms with E-state index in [1.807, 2.05) is 12.1 Å². The van der Waals surface area contributed by atoms with Gasteiger partial charge < -0.3 is 19.5 Å². The maximum Gasteiger partial charge on any atom is 0.194 e. The molecule has 1 heterocycles. The fourth-order valence-corrected chi connectivity index (χ4v) is 2.40. The van der Waals surface area contributed by atoms with Crippen LogP contribution in [0.1, 0.15) is 18.2 Å². The van der Waals surface area contributed by atoms with Crippen molar-refractivity contribution in [2.75, 3.05) is 26.7 Å². The number of aromatic nitrogens is 1. The van der Waals surface area contributed by atoms with Crippen molar-refractivity contribution in [3.05, 3.63) is 53.9 Å². The van der Waals surface area contributed by atoms with Crippen molar-refractivity contribution in [2.24, 2.45) is 12.0 Å². The van der Waals surface area contributed by atoms with Crippen LogP contribution in [0, 0.1) is 6.92 Å². The third-order valence-corrected chi connectivity index (χ3v) is 3.79. The van der Waals surface area contributed by atoms with E-state index >= 15 is 0 Å². The standard InChI is InChI=1S/C19H28N4O.HI/c1-5-20-19(23(4)15-17-7-6-13-22(17)3)21-12-14-24-18-10-8-16(2)9-11-18;/h6-11,13H,5,12,14-15H2,1-4H3,(H,20,21);1H. The van der Waals surface area contributed by atoms with E-state index in [9.17, 15) is 0 Å². The van der Waals surface area contributed by atoms with Crippen molar-refractivity contribution in [3.63, 3.8) is 0 Å². The Bertz CT molecular complexity index is 652. The summed E-state index contributed by atoms with van der Waals surface area (Å²) >= 11 is 0. The highest BCUT2D eigenvalue weighted by atomic mass is 127. The van der Waals surface area contributed by atoms with Gasteiger partial charge in [-0.15, -0.1) is 24.0 Å². The van der Waals surface area contributed by atoms with E-state index in [1.54, 1.807) is 0 Å². The number of ether oxygens (including phenoxy) is 1. The number of halogens is 1. The van der Waals surface area contributed by atoms with E-state index in [0.29, 0.717) is 13.2 Å². The number of rotatable bonds is 7. The number of hydrogen-bond acceptors (Lipinski definition) is 2. The lowest BCUT2D eigenvalue weighted by atomic mass is 10.2. The SMILES string of the molecule is CCNC(=NCCOc1ccc(C)cc1)N(C)Cc1cccn1C.I. The zero-order valence-electron chi connectivity index (χ0n) is 15.5.